The third-order valence-corrected chi connectivity index (χ3v) is 2.76. The van der Waals surface area contributed by atoms with Crippen LogP contribution in [0.1, 0.15) is 38.1 Å². The first-order chi connectivity index (χ1) is 8.95. The zero-order valence-electron chi connectivity index (χ0n) is 12.1. The molecule has 0 aliphatic heterocycles. The van der Waals surface area contributed by atoms with Crippen molar-refractivity contribution >= 4 is 5.91 Å². The van der Waals surface area contributed by atoms with Crippen molar-refractivity contribution < 1.29 is 14.6 Å². The zero-order valence-corrected chi connectivity index (χ0v) is 12.1. The minimum absolute atomic E-state index is 0.0497. The average molecular weight is 265 g/mol. The van der Waals surface area contributed by atoms with Crippen LogP contribution in [0.25, 0.3) is 0 Å². The maximum absolute atomic E-state index is 12.4. The van der Waals surface area contributed by atoms with Crippen LogP contribution < -0.4 is 4.74 Å². The largest absolute Gasteiger partial charge is 0.494 e. The van der Waals surface area contributed by atoms with E-state index in [0.717, 1.165) is 5.75 Å². The molecular formula is C15H23NO3. The Kier molecular flexibility index (Phi) is 5.83. The van der Waals surface area contributed by atoms with Crippen LogP contribution in [-0.2, 0) is 0 Å². The molecule has 0 aromatic heterocycles. The number of nitrogens with zero attached hydrogens (tertiary/aromatic N) is 1. The Morgan fingerprint density at radius 3 is 2.26 bits per heavy atom. The Morgan fingerprint density at radius 2 is 1.84 bits per heavy atom. The molecule has 0 radical (unpaired) electrons. The van der Waals surface area contributed by atoms with Gasteiger partial charge in [-0.05, 0) is 52.0 Å². The molecule has 0 spiro atoms. The molecule has 0 heterocycles. The number of aliphatic hydroxyl groups is 1. The number of hydrogen-bond donors (Lipinski definition) is 1. The molecule has 0 aliphatic rings. The maximum atomic E-state index is 12.4. The Labute approximate surface area is 115 Å². The number of hydrogen-bond acceptors (Lipinski definition) is 3. The summed E-state index contributed by atoms with van der Waals surface area (Å²) in [6.45, 7) is 8.42. The van der Waals surface area contributed by atoms with Crippen molar-refractivity contribution in [2.24, 2.45) is 0 Å². The van der Waals surface area contributed by atoms with Crippen LogP contribution in [0, 0.1) is 0 Å². The lowest BCUT2D eigenvalue weighted by Crippen LogP contribution is -2.41. The molecule has 0 aliphatic carbocycles. The van der Waals surface area contributed by atoms with Gasteiger partial charge in [-0.2, -0.15) is 0 Å². The molecule has 4 nitrogen and oxygen atoms in total. The monoisotopic (exact) mass is 265 g/mol. The number of amides is 1. The highest BCUT2D eigenvalue weighted by atomic mass is 16.5. The maximum Gasteiger partial charge on any atom is 0.254 e. The van der Waals surface area contributed by atoms with Crippen molar-refractivity contribution in [3.63, 3.8) is 0 Å². The van der Waals surface area contributed by atoms with Gasteiger partial charge in [-0.15, -0.1) is 0 Å². The van der Waals surface area contributed by atoms with Crippen molar-refractivity contribution in [2.75, 3.05) is 13.2 Å². The van der Waals surface area contributed by atoms with E-state index in [9.17, 15) is 9.90 Å². The summed E-state index contributed by atoms with van der Waals surface area (Å²) in [5, 5.41) is 9.47. The van der Waals surface area contributed by atoms with Gasteiger partial charge in [0, 0.05) is 18.2 Å². The van der Waals surface area contributed by atoms with E-state index in [1.807, 2.05) is 20.8 Å². The van der Waals surface area contributed by atoms with Crippen molar-refractivity contribution in [1.29, 1.82) is 0 Å². The highest BCUT2D eigenvalue weighted by Gasteiger charge is 2.20. The average Bonchev–Trinajstić information content (AvgIpc) is 2.36. The zero-order chi connectivity index (χ0) is 14.4. The van der Waals surface area contributed by atoms with Crippen molar-refractivity contribution in [1.82, 2.24) is 4.90 Å². The van der Waals surface area contributed by atoms with Crippen molar-refractivity contribution in [3.05, 3.63) is 29.8 Å². The number of benzene rings is 1. The van der Waals surface area contributed by atoms with Gasteiger partial charge in [0.15, 0.2) is 0 Å². The fourth-order valence-corrected chi connectivity index (χ4v) is 1.84. The first-order valence-corrected chi connectivity index (χ1v) is 6.67. The first-order valence-electron chi connectivity index (χ1n) is 6.67. The summed E-state index contributed by atoms with van der Waals surface area (Å²) in [6.07, 6.45) is -0.533. The number of carbonyl (C=O) groups is 1. The van der Waals surface area contributed by atoms with Gasteiger partial charge >= 0.3 is 0 Å². The van der Waals surface area contributed by atoms with E-state index in [-0.39, 0.29) is 11.9 Å². The molecule has 1 atom stereocenters. The third kappa shape index (κ3) is 4.56. The summed E-state index contributed by atoms with van der Waals surface area (Å²) in [6, 6.07) is 7.14. The highest BCUT2D eigenvalue weighted by Crippen LogP contribution is 2.15. The van der Waals surface area contributed by atoms with Crippen LogP contribution in [0.5, 0.6) is 5.75 Å². The molecule has 1 unspecified atom stereocenters. The van der Waals surface area contributed by atoms with E-state index >= 15 is 0 Å². The summed E-state index contributed by atoms with van der Waals surface area (Å²) in [4.78, 5) is 14.0. The molecule has 1 aromatic rings. The van der Waals surface area contributed by atoms with Gasteiger partial charge in [-0.25, -0.2) is 0 Å². The molecule has 19 heavy (non-hydrogen) atoms. The fraction of sp³-hybridized carbons (Fsp3) is 0.533. The van der Waals surface area contributed by atoms with E-state index in [0.29, 0.717) is 18.7 Å². The van der Waals surface area contributed by atoms with Crippen molar-refractivity contribution in [2.45, 2.75) is 39.8 Å². The predicted molar refractivity (Wildman–Crippen MR) is 75.5 cm³/mol. The van der Waals surface area contributed by atoms with Gasteiger partial charge in [0.25, 0.3) is 5.91 Å². The summed E-state index contributed by atoms with van der Waals surface area (Å²) < 4.78 is 5.35. The second-order valence-electron chi connectivity index (χ2n) is 4.86. The predicted octanol–water partition coefficient (Wildman–Crippen LogP) is 2.32. The Hall–Kier alpha value is -1.55. The minimum atomic E-state index is -0.533. The van der Waals surface area contributed by atoms with Gasteiger partial charge in [0.1, 0.15) is 5.75 Å². The Morgan fingerprint density at radius 1 is 1.26 bits per heavy atom. The SMILES string of the molecule is CCOc1ccc(C(=O)N(CC(C)O)C(C)C)cc1. The molecule has 0 saturated heterocycles. The molecular weight excluding hydrogens is 242 g/mol. The molecule has 0 bridgehead atoms. The van der Waals surface area contributed by atoms with E-state index in [1.54, 1.807) is 36.1 Å². The molecule has 1 amide bonds. The van der Waals surface area contributed by atoms with Crippen LogP contribution in [0.3, 0.4) is 0 Å². The van der Waals surface area contributed by atoms with E-state index in [1.165, 1.54) is 0 Å². The van der Waals surface area contributed by atoms with Crippen LogP contribution in [0.4, 0.5) is 0 Å². The lowest BCUT2D eigenvalue weighted by atomic mass is 10.1. The van der Waals surface area contributed by atoms with Crippen LogP contribution in [0.15, 0.2) is 24.3 Å². The van der Waals surface area contributed by atoms with Crippen LogP contribution in [0.2, 0.25) is 0 Å². The number of aliphatic hydroxyl groups excluding tert-OH is 1. The second kappa shape index (κ2) is 7.14. The molecule has 0 fully saturated rings. The lowest BCUT2D eigenvalue weighted by molar-refractivity contribution is 0.0579. The number of ether oxygens (including phenoxy) is 1. The summed E-state index contributed by atoms with van der Waals surface area (Å²) >= 11 is 0. The number of carbonyl (C=O) groups excluding carboxylic acids is 1. The molecule has 0 saturated carbocycles. The van der Waals surface area contributed by atoms with Gasteiger partial charge < -0.3 is 14.7 Å². The Bertz CT molecular complexity index is 398. The summed E-state index contributed by atoms with van der Waals surface area (Å²) in [7, 11) is 0. The second-order valence-corrected chi connectivity index (χ2v) is 4.86. The third-order valence-electron chi connectivity index (χ3n) is 2.76. The smallest absolute Gasteiger partial charge is 0.254 e. The number of rotatable bonds is 6. The normalized spacial score (nSPS) is 12.3. The Balaban J connectivity index is 2.84. The van der Waals surface area contributed by atoms with E-state index in [2.05, 4.69) is 0 Å². The standard InChI is InChI=1S/C15H23NO3/c1-5-19-14-8-6-13(7-9-14)15(18)16(11(2)3)10-12(4)17/h6-9,11-12,17H,5,10H2,1-4H3. The molecule has 1 aromatic carbocycles. The van der Waals surface area contributed by atoms with Gasteiger partial charge in [-0.1, -0.05) is 0 Å². The van der Waals surface area contributed by atoms with E-state index < -0.39 is 6.10 Å². The fourth-order valence-electron chi connectivity index (χ4n) is 1.84. The lowest BCUT2D eigenvalue weighted by Gasteiger charge is -2.28. The minimum Gasteiger partial charge on any atom is -0.494 e. The van der Waals surface area contributed by atoms with Crippen LogP contribution >= 0.6 is 0 Å². The highest BCUT2D eigenvalue weighted by molar-refractivity contribution is 5.94. The summed E-state index contributed by atoms with van der Waals surface area (Å²) in [5.41, 5.74) is 0.609. The van der Waals surface area contributed by atoms with Gasteiger partial charge in [0.2, 0.25) is 0 Å². The van der Waals surface area contributed by atoms with Crippen LogP contribution in [-0.4, -0.2) is 41.2 Å². The van der Waals surface area contributed by atoms with Gasteiger partial charge in [-0.3, -0.25) is 4.79 Å². The quantitative estimate of drug-likeness (QED) is 0.858. The topological polar surface area (TPSA) is 49.8 Å². The molecule has 1 N–H and O–H groups in total. The molecule has 4 heteroatoms. The molecule has 1 rings (SSSR count). The summed E-state index contributed by atoms with van der Waals surface area (Å²) in [5.74, 6) is 0.685. The van der Waals surface area contributed by atoms with E-state index in [4.69, 9.17) is 4.74 Å². The van der Waals surface area contributed by atoms with Crippen molar-refractivity contribution in [3.8, 4) is 5.75 Å². The van der Waals surface area contributed by atoms with Gasteiger partial charge in [0.05, 0.1) is 12.7 Å². The first kappa shape index (κ1) is 15.5. The molecule has 106 valence electrons.